The molecule has 0 bridgehead atoms. The van der Waals surface area contributed by atoms with Gasteiger partial charge in [-0.3, -0.25) is 0 Å². The van der Waals surface area contributed by atoms with Crippen LogP contribution in [-0.4, -0.2) is 0 Å². The standard InChI is InChI=1S/C13H10F3N/c14-10-5-11(15)13(12(16)6-10)9-3-1-2-8(4-9)7-17/h1-6H,7,17H2. The molecule has 0 saturated heterocycles. The van der Waals surface area contributed by atoms with Crippen molar-refractivity contribution < 1.29 is 13.2 Å². The zero-order valence-electron chi connectivity index (χ0n) is 8.88. The summed E-state index contributed by atoms with van der Waals surface area (Å²) in [6.07, 6.45) is 0. The first-order valence-electron chi connectivity index (χ1n) is 5.05. The van der Waals surface area contributed by atoms with Crippen LogP contribution >= 0.6 is 0 Å². The van der Waals surface area contributed by atoms with E-state index in [9.17, 15) is 13.2 Å². The van der Waals surface area contributed by atoms with Crippen LogP contribution in [-0.2, 0) is 6.54 Å². The van der Waals surface area contributed by atoms with E-state index in [2.05, 4.69) is 0 Å². The highest BCUT2D eigenvalue weighted by atomic mass is 19.1. The minimum atomic E-state index is -0.932. The molecular weight excluding hydrogens is 227 g/mol. The summed E-state index contributed by atoms with van der Waals surface area (Å²) in [5, 5.41) is 0. The van der Waals surface area contributed by atoms with Crippen LogP contribution in [0.5, 0.6) is 0 Å². The van der Waals surface area contributed by atoms with Crippen molar-refractivity contribution in [3.63, 3.8) is 0 Å². The second-order valence-corrected chi connectivity index (χ2v) is 3.65. The van der Waals surface area contributed by atoms with E-state index in [0.717, 1.165) is 5.56 Å². The quantitative estimate of drug-likeness (QED) is 0.852. The second kappa shape index (κ2) is 4.59. The minimum absolute atomic E-state index is 0.235. The summed E-state index contributed by atoms with van der Waals surface area (Å²) in [5.74, 6) is -2.77. The molecule has 88 valence electrons. The first kappa shape index (κ1) is 11.7. The van der Waals surface area contributed by atoms with E-state index in [1.807, 2.05) is 0 Å². The number of nitrogens with two attached hydrogens (primary N) is 1. The van der Waals surface area contributed by atoms with Crippen LogP contribution in [0, 0.1) is 17.5 Å². The molecule has 0 fully saturated rings. The summed E-state index contributed by atoms with van der Waals surface area (Å²) >= 11 is 0. The van der Waals surface area contributed by atoms with Gasteiger partial charge in [-0.25, -0.2) is 13.2 Å². The van der Waals surface area contributed by atoms with Crippen LogP contribution in [0.2, 0.25) is 0 Å². The van der Waals surface area contributed by atoms with Crippen molar-refractivity contribution in [1.29, 1.82) is 0 Å². The molecule has 0 aliphatic rings. The van der Waals surface area contributed by atoms with Crippen LogP contribution in [0.15, 0.2) is 36.4 Å². The van der Waals surface area contributed by atoms with E-state index in [1.54, 1.807) is 24.3 Å². The summed E-state index contributed by atoms with van der Waals surface area (Å²) in [4.78, 5) is 0. The molecule has 2 aromatic carbocycles. The smallest absolute Gasteiger partial charge is 0.136 e. The number of hydrogen-bond acceptors (Lipinski definition) is 1. The van der Waals surface area contributed by atoms with Gasteiger partial charge in [0.25, 0.3) is 0 Å². The lowest BCUT2D eigenvalue weighted by atomic mass is 10.0. The highest BCUT2D eigenvalue weighted by Crippen LogP contribution is 2.27. The van der Waals surface area contributed by atoms with Gasteiger partial charge in [-0.1, -0.05) is 18.2 Å². The molecule has 2 aromatic rings. The monoisotopic (exact) mass is 237 g/mol. The van der Waals surface area contributed by atoms with Crippen LogP contribution in [0.25, 0.3) is 11.1 Å². The Hall–Kier alpha value is -1.81. The van der Waals surface area contributed by atoms with Crippen molar-refractivity contribution >= 4 is 0 Å². The molecule has 0 atom stereocenters. The molecule has 2 N–H and O–H groups in total. The van der Waals surface area contributed by atoms with Gasteiger partial charge < -0.3 is 5.73 Å². The van der Waals surface area contributed by atoms with Crippen molar-refractivity contribution in [3.05, 3.63) is 59.4 Å². The molecule has 17 heavy (non-hydrogen) atoms. The normalized spacial score (nSPS) is 10.6. The van der Waals surface area contributed by atoms with E-state index < -0.39 is 17.5 Å². The van der Waals surface area contributed by atoms with Gasteiger partial charge in [-0.15, -0.1) is 0 Å². The molecule has 0 aliphatic carbocycles. The Bertz CT molecular complexity index is 529. The predicted octanol–water partition coefficient (Wildman–Crippen LogP) is 3.23. The molecule has 0 amide bonds. The molecular formula is C13H10F3N. The average Bonchev–Trinajstić information content (AvgIpc) is 2.28. The first-order valence-corrected chi connectivity index (χ1v) is 5.05. The van der Waals surface area contributed by atoms with Crippen molar-refractivity contribution in [3.8, 4) is 11.1 Å². The summed E-state index contributed by atoms with van der Waals surface area (Å²) in [6, 6.07) is 7.86. The molecule has 0 aliphatic heterocycles. The number of hydrogen-bond donors (Lipinski definition) is 1. The molecule has 2 rings (SSSR count). The predicted molar refractivity (Wildman–Crippen MR) is 59.6 cm³/mol. The van der Waals surface area contributed by atoms with Crippen LogP contribution in [0.4, 0.5) is 13.2 Å². The Balaban J connectivity index is 2.60. The fourth-order valence-corrected chi connectivity index (χ4v) is 1.67. The molecule has 1 nitrogen and oxygen atoms in total. The zero-order valence-corrected chi connectivity index (χ0v) is 8.88. The van der Waals surface area contributed by atoms with Gasteiger partial charge in [-0.2, -0.15) is 0 Å². The second-order valence-electron chi connectivity index (χ2n) is 3.65. The van der Waals surface area contributed by atoms with Crippen LogP contribution < -0.4 is 5.73 Å². The highest BCUT2D eigenvalue weighted by Gasteiger charge is 2.13. The van der Waals surface area contributed by atoms with Crippen molar-refractivity contribution in [2.75, 3.05) is 0 Å². The fraction of sp³-hybridized carbons (Fsp3) is 0.0769. The third-order valence-electron chi connectivity index (χ3n) is 2.46. The van der Waals surface area contributed by atoms with Gasteiger partial charge in [0.1, 0.15) is 17.5 Å². The minimum Gasteiger partial charge on any atom is -0.326 e. The molecule has 0 saturated carbocycles. The van der Waals surface area contributed by atoms with E-state index in [0.29, 0.717) is 17.7 Å². The Morgan fingerprint density at radius 2 is 1.59 bits per heavy atom. The van der Waals surface area contributed by atoms with E-state index in [1.165, 1.54) is 0 Å². The first-order chi connectivity index (χ1) is 8.11. The number of halogens is 3. The Morgan fingerprint density at radius 3 is 2.18 bits per heavy atom. The van der Waals surface area contributed by atoms with E-state index in [-0.39, 0.29) is 12.1 Å². The maximum absolute atomic E-state index is 13.5. The van der Waals surface area contributed by atoms with Crippen LogP contribution in [0.1, 0.15) is 5.56 Å². The van der Waals surface area contributed by atoms with Gasteiger partial charge in [-0.05, 0) is 17.2 Å². The molecule has 0 radical (unpaired) electrons. The SMILES string of the molecule is NCc1cccc(-c2c(F)cc(F)cc2F)c1. The lowest BCUT2D eigenvalue weighted by molar-refractivity contribution is 0.548. The van der Waals surface area contributed by atoms with Crippen molar-refractivity contribution in [2.24, 2.45) is 5.73 Å². The topological polar surface area (TPSA) is 26.0 Å². The van der Waals surface area contributed by atoms with Gasteiger partial charge in [0, 0.05) is 18.7 Å². The third-order valence-corrected chi connectivity index (χ3v) is 2.46. The molecule has 0 unspecified atom stereocenters. The fourth-order valence-electron chi connectivity index (χ4n) is 1.67. The summed E-state index contributed by atoms with van der Waals surface area (Å²) < 4.78 is 39.8. The van der Waals surface area contributed by atoms with Crippen molar-refractivity contribution in [1.82, 2.24) is 0 Å². The summed E-state index contributed by atoms with van der Waals surface area (Å²) in [5.41, 5.74) is 6.32. The number of rotatable bonds is 2. The number of benzene rings is 2. The lowest BCUT2D eigenvalue weighted by Gasteiger charge is -2.07. The average molecular weight is 237 g/mol. The van der Waals surface area contributed by atoms with Gasteiger partial charge in [0.15, 0.2) is 0 Å². The van der Waals surface area contributed by atoms with Gasteiger partial charge in [0.2, 0.25) is 0 Å². The third kappa shape index (κ3) is 2.31. The van der Waals surface area contributed by atoms with Crippen molar-refractivity contribution in [2.45, 2.75) is 6.54 Å². The Kier molecular flexibility index (Phi) is 3.15. The molecule has 4 heteroatoms. The molecule has 0 aromatic heterocycles. The lowest BCUT2D eigenvalue weighted by Crippen LogP contribution is -1.97. The highest BCUT2D eigenvalue weighted by molar-refractivity contribution is 5.65. The maximum atomic E-state index is 13.5. The van der Waals surface area contributed by atoms with Gasteiger partial charge >= 0.3 is 0 Å². The molecule has 0 spiro atoms. The maximum Gasteiger partial charge on any atom is 0.136 e. The summed E-state index contributed by atoms with van der Waals surface area (Å²) in [7, 11) is 0. The van der Waals surface area contributed by atoms with E-state index >= 15 is 0 Å². The summed E-state index contributed by atoms with van der Waals surface area (Å²) in [6.45, 7) is 0.276. The Labute approximate surface area is 96.7 Å². The van der Waals surface area contributed by atoms with Gasteiger partial charge in [0.05, 0.1) is 5.56 Å². The van der Waals surface area contributed by atoms with Crippen LogP contribution in [0.3, 0.4) is 0 Å². The molecule has 0 heterocycles. The van der Waals surface area contributed by atoms with E-state index in [4.69, 9.17) is 5.73 Å². The Morgan fingerprint density at radius 1 is 0.941 bits per heavy atom. The largest absolute Gasteiger partial charge is 0.326 e. The zero-order chi connectivity index (χ0) is 12.4.